The molecule has 0 radical (unpaired) electrons. The number of nitrogens with one attached hydrogen (secondary N) is 1. The average Bonchev–Trinajstić information content (AvgIpc) is 2.57. The number of aromatic nitrogens is 2. The first kappa shape index (κ1) is 14.9. The van der Waals surface area contributed by atoms with Crippen molar-refractivity contribution in [3.05, 3.63) is 15.9 Å². The van der Waals surface area contributed by atoms with Crippen molar-refractivity contribution >= 4 is 17.6 Å². The van der Waals surface area contributed by atoms with Gasteiger partial charge in [-0.05, 0) is 16.3 Å². The molecule has 106 valence electrons. The van der Waals surface area contributed by atoms with Crippen molar-refractivity contribution in [2.45, 2.75) is 39.2 Å². The summed E-state index contributed by atoms with van der Waals surface area (Å²) in [5, 5.41) is 22.7. The summed E-state index contributed by atoms with van der Waals surface area (Å²) in [6, 6.07) is -0.351. The van der Waals surface area contributed by atoms with Crippen LogP contribution in [0.4, 0.5) is 11.6 Å². The van der Waals surface area contributed by atoms with Gasteiger partial charge in [0.15, 0.2) is 0 Å². The predicted octanol–water partition coefficient (Wildman–Crippen LogP) is 1.69. The Bertz CT molecular complexity index is 483. The SMILES string of the molecule is CCCC(CC(=O)O)Nc1c([N+](=O)[O-])nc(C)n1C. The molecule has 0 saturated heterocycles. The molecule has 1 rings (SSSR count). The molecule has 1 unspecified atom stereocenters. The molecule has 0 fully saturated rings. The molecule has 1 atom stereocenters. The van der Waals surface area contributed by atoms with Crippen molar-refractivity contribution in [1.29, 1.82) is 0 Å². The first-order valence-electron chi connectivity index (χ1n) is 6.02. The highest BCUT2D eigenvalue weighted by atomic mass is 16.6. The van der Waals surface area contributed by atoms with Gasteiger partial charge in [-0.15, -0.1) is 0 Å². The highest BCUT2D eigenvalue weighted by Gasteiger charge is 2.26. The third-order valence-electron chi connectivity index (χ3n) is 2.87. The fraction of sp³-hybridized carbons (Fsp3) is 0.636. The van der Waals surface area contributed by atoms with Crippen LogP contribution in [0.15, 0.2) is 0 Å². The van der Waals surface area contributed by atoms with E-state index in [-0.39, 0.29) is 24.1 Å². The first-order chi connectivity index (χ1) is 8.86. The molecule has 1 aromatic heterocycles. The molecule has 2 N–H and O–H groups in total. The second-order valence-corrected chi connectivity index (χ2v) is 4.38. The standard InChI is InChI=1S/C11H18N4O4/c1-4-5-8(6-9(16)17)13-10-11(15(18)19)12-7(2)14(10)3/h8,13H,4-6H2,1-3H3,(H,16,17). The molecule has 0 aliphatic carbocycles. The predicted molar refractivity (Wildman–Crippen MR) is 69.2 cm³/mol. The Hall–Kier alpha value is -2.12. The smallest absolute Gasteiger partial charge is 0.406 e. The van der Waals surface area contributed by atoms with Crippen molar-refractivity contribution in [3.63, 3.8) is 0 Å². The van der Waals surface area contributed by atoms with Gasteiger partial charge < -0.3 is 20.5 Å². The van der Waals surface area contributed by atoms with E-state index in [1.54, 1.807) is 18.5 Å². The molecule has 19 heavy (non-hydrogen) atoms. The van der Waals surface area contributed by atoms with Gasteiger partial charge in [-0.1, -0.05) is 13.3 Å². The van der Waals surface area contributed by atoms with E-state index in [0.29, 0.717) is 12.2 Å². The highest BCUT2D eigenvalue weighted by Crippen LogP contribution is 2.25. The summed E-state index contributed by atoms with van der Waals surface area (Å²) in [4.78, 5) is 25.0. The van der Waals surface area contributed by atoms with E-state index < -0.39 is 10.9 Å². The van der Waals surface area contributed by atoms with Gasteiger partial charge in [-0.25, -0.2) is 0 Å². The van der Waals surface area contributed by atoms with Crippen molar-refractivity contribution in [1.82, 2.24) is 9.55 Å². The van der Waals surface area contributed by atoms with Crippen molar-refractivity contribution < 1.29 is 14.8 Å². The first-order valence-corrected chi connectivity index (χ1v) is 6.02. The zero-order valence-corrected chi connectivity index (χ0v) is 11.2. The van der Waals surface area contributed by atoms with E-state index >= 15 is 0 Å². The summed E-state index contributed by atoms with van der Waals surface area (Å²) in [6.45, 7) is 3.59. The quantitative estimate of drug-likeness (QED) is 0.576. The van der Waals surface area contributed by atoms with Crippen molar-refractivity contribution in [2.75, 3.05) is 5.32 Å². The number of carbonyl (C=O) groups is 1. The molecule has 8 nitrogen and oxygen atoms in total. The van der Waals surface area contributed by atoms with Gasteiger partial charge in [0.2, 0.25) is 11.6 Å². The third-order valence-corrected chi connectivity index (χ3v) is 2.87. The maximum absolute atomic E-state index is 10.9. The Kier molecular flexibility index (Phi) is 4.85. The van der Waals surface area contributed by atoms with Crippen LogP contribution in [-0.2, 0) is 11.8 Å². The molecule has 0 aliphatic heterocycles. The summed E-state index contributed by atoms with van der Waals surface area (Å²) in [5.41, 5.74) is 0. The van der Waals surface area contributed by atoms with Crippen LogP contribution >= 0.6 is 0 Å². The van der Waals surface area contributed by atoms with Gasteiger partial charge in [0.1, 0.15) is 0 Å². The number of imidazole rings is 1. The van der Waals surface area contributed by atoms with Crippen LogP contribution < -0.4 is 5.32 Å². The lowest BCUT2D eigenvalue weighted by Gasteiger charge is -2.16. The zero-order valence-electron chi connectivity index (χ0n) is 11.2. The molecule has 0 amide bonds. The van der Waals surface area contributed by atoms with Gasteiger partial charge in [0, 0.05) is 20.0 Å². The second kappa shape index (κ2) is 6.17. The van der Waals surface area contributed by atoms with Crippen LogP contribution in [0.5, 0.6) is 0 Å². The Morgan fingerprint density at radius 3 is 2.74 bits per heavy atom. The van der Waals surface area contributed by atoms with Gasteiger partial charge >= 0.3 is 11.8 Å². The van der Waals surface area contributed by atoms with E-state index in [1.807, 2.05) is 6.92 Å². The molecule has 1 aromatic rings. The summed E-state index contributed by atoms with van der Waals surface area (Å²) < 4.78 is 1.56. The molecular weight excluding hydrogens is 252 g/mol. The molecule has 0 spiro atoms. The molecule has 1 heterocycles. The lowest BCUT2D eigenvalue weighted by Crippen LogP contribution is -2.24. The van der Waals surface area contributed by atoms with E-state index in [9.17, 15) is 14.9 Å². The Morgan fingerprint density at radius 1 is 1.63 bits per heavy atom. The lowest BCUT2D eigenvalue weighted by atomic mass is 10.1. The normalized spacial score (nSPS) is 12.2. The number of aliphatic carboxylic acids is 1. The molecule has 0 aromatic carbocycles. The lowest BCUT2D eigenvalue weighted by molar-refractivity contribution is -0.388. The number of rotatable bonds is 7. The molecule has 0 bridgehead atoms. The number of nitro groups is 1. The monoisotopic (exact) mass is 270 g/mol. The maximum Gasteiger partial charge on any atom is 0.406 e. The molecule has 0 saturated carbocycles. The van der Waals surface area contributed by atoms with Gasteiger partial charge in [0.05, 0.1) is 6.42 Å². The second-order valence-electron chi connectivity index (χ2n) is 4.38. The number of hydrogen-bond donors (Lipinski definition) is 2. The van der Waals surface area contributed by atoms with Crippen LogP contribution in [0.3, 0.4) is 0 Å². The van der Waals surface area contributed by atoms with Crippen LogP contribution in [0.1, 0.15) is 32.0 Å². The van der Waals surface area contributed by atoms with Crippen LogP contribution in [0.25, 0.3) is 0 Å². The zero-order chi connectivity index (χ0) is 14.6. The molecular formula is C11H18N4O4. The molecule has 0 aliphatic rings. The minimum atomic E-state index is -0.938. The number of hydrogen-bond acceptors (Lipinski definition) is 5. The highest BCUT2D eigenvalue weighted by molar-refractivity contribution is 5.68. The fourth-order valence-electron chi connectivity index (χ4n) is 1.86. The number of nitrogens with zero attached hydrogens (tertiary/aromatic N) is 3. The average molecular weight is 270 g/mol. The minimum Gasteiger partial charge on any atom is -0.481 e. The van der Waals surface area contributed by atoms with Crippen molar-refractivity contribution in [2.24, 2.45) is 7.05 Å². The van der Waals surface area contributed by atoms with Gasteiger partial charge in [-0.3, -0.25) is 9.36 Å². The van der Waals surface area contributed by atoms with E-state index in [0.717, 1.165) is 6.42 Å². The topological polar surface area (TPSA) is 110 Å². The van der Waals surface area contributed by atoms with Crippen LogP contribution in [0.2, 0.25) is 0 Å². The van der Waals surface area contributed by atoms with Gasteiger partial charge in [0.25, 0.3) is 0 Å². The van der Waals surface area contributed by atoms with E-state index in [4.69, 9.17) is 5.11 Å². The molecule has 8 heteroatoms. The summed E-state index contributed by atoms with van der Waals surface area (Å²) in [5.74, 6) is -0.457. The fourth-order valence-corrected chi connectivity index (χ4v) is 1.86. The van der Waals surface area contributed by atoms with Crippen LogP contribution in [0, 0.1) is 17.0 Å². The third kappa shape index (κ3) is 3.67. The summed E-state index contributed by atoms with van der Waals surface area (Å²) >= 11 is 0. The minimum absolute atomic E-state index is 0.0881. The number of anilines is 1. The van der Waals surface area contributed by atoms with Gasteiger partial charge in [-0.2, -0.15) is 0 Å². The number of carboxylic acids is 1. The number of aryl methyl sites for hydroxylation is 1. The van der Waals surface area contributed by atoms with Crippen molar-refractivity contribution in [3.8, 4) is 0 Å². The summed E-state index contributed by atoms with van der Waals surface area (Å²) in [6.07, 6.45) is 1.32. The van der Waals surface area contributed by atoms with E-state index in [2.05, 4.69) is 10.3 Å². The van der Waals surface area contributed by atoms with Crippen LogP contribution in [-0.4, -0.2) is 31.6 Å². The van der Waals surface area contributed by atoms with E-state index in [1.165, 1.54) is 0 Å². The Balaban J connectivity index is 3.00. The summed E-state index contributed by atoms with van der Waals surface area (Å²) in [7, 11) is 1.65. The Morgan fingerprint density at radius 2 is 2.26 bits per heavy atom. The Labute approximate surface area is 110 Å². The number of carboxylic acid groups (broad SMARTS) is 1. The maximum atomic E-state index is 10.9. The largest absolute Gasteiger partial charge is 0.481 e.